The maximum Gasteiger partial charge on any atom is 0.276 e. The van der Waals surface area contributed by atoms with E-state index < -0.39 is 0 Å². The molecule has 0 atom stereocenters. The van der Waals surface area contributed by atoms with Crippen molar-refractivity contribution in [2.45, 2.75) is 6.54 Å². The topological polar surface area (TPSA) is 72.7 Å². The fourth-order valence-corrected chi connectivity index (χ4v) is 2.13. The van der Waals surface area contributed by atoms with Gasteiger partial charge < -0.3 is 0 Å². The van der Waals surface area contributed by atoms with Crippen molar-refractivity contribution in [3.63, 3.8) is 0 Å². The normalized spacial score (nSPS) is 10.4. The minimum Gasteiger partial charge on any atom is -0.288 e. The third-order valence-corrected chi connectivity index (χ3v) is 3.45. The minimum atomic E-state index is -0.331. The molecule has 0 aliphatic carbocycles. The van der Waals surface area contributed by atoms with Crippen LogP contribution in [-0.4, -0.2) is 25.7 Å². The van der Waals surface area contributed by atoms with Gasteiger partial charge in [-0.2, -0.15) is 0 Å². The van der Waals surface area contributed by atoms with Gasteiger partial charge in [-0.3, -0.25) is 15.1 Å². The molecule has 2 aromatic heterocycles. The average molecular weight is 358 g/mol. The van der Waals surface area contributed by atoms with Crippen LogP contribution in [-0.2, 0) is 6.54 Å². The SMILES string of the molecule is O=C(Nc1ncn(Cc2ccc(Br)cc2)n1)c1ccccn1. The van der Waals surface area contributed by atoms with Gasteiger partial charge in [0.15, 0.2) is 0 Å². The molecule has 3 aromatic rings. The lowest BCUT2D eigenvalue weighted by Gasteiger charge is -2.01. The maximum atomic E-state index is 12.0. The summed E-state index contributed by atoms with van der Waals surface area (Å²) >= 11 is 3.40. The van der Waals surface area contributed by atoms with E-state index in [1.54, 1.807) is 35.4 Å². The van der Waals surface area contributed by atoms with Gasteiger partial charge in [0.05, 0.1) is 6.54 Å². The number of pyridine rings is 1. The predicted octanol–water partition coefficient (Wildman–Crippen LogP) is 2.74. The lowest BCUT2D eigenvalue weighted by Crippen LogP contribution is -2.14. The summed E-state index contributed by atoms with van der Waals surface area (Å²) in [7, 11) is 0. The zero-order chi connectivity index (χ0) is 15.4. The fourth-order valence-electron chi connectivity index (χ4n) is 1.87. The van der Waals surface area contributed by atoms with Crippen molar-refractivity contribution in [2.75, 3.05) is 5.32 Å². The van der Waals surface area contributed by atoms with Crippen LogP contribution in [0.5, 0.6) is 0 Å². The highest BCUT2D eigenvalue weighted by molar-refractivity contribution is 9.10. The molecule has 1 aromatic carbocycles. The predicted molar refractivity (Wildman–Crippen MR) is 85.5 cm³/mol. The highest BCUT2D eigenvalue weighted by Crippen LogP contribution is 2.11. The molecule has 0 spiro atoms. The van der Waals surface area contributed by atoms with Crippen molar-refractivity contribution in [3.8, 4) is 0 Å². The van der Waals surface area contributed by atoms with Crippen molar-refractivity contribution in [1.82, 2.24) is 19.7 Å². The Morgan fingerprint density at radius 1 is 1.14 bits per heavy atom. The standard InChI is InChI=1S/C15H12BrN5O/c16-12-6-4-11(5-7-12)9-21-10-18-15(20-21)19-14(22)13-3-1-2-8-17-13/h1-8,10H,9H2,(H,19,20,22). The molecule has 110 valence electrons. The summed E-state index contributed by atoms with van der Waals surface area (Å²) in [4.78, 5) is 20.0. The fraction of sp³-hybridized carbons (Fsp3) is 0.0667. The molecule has 0 fully saturated rings. The Morgan fingerprint density at radius 2 is 1.95 bits per heavy atom. The van der Waals surface area contributed by atoms with Crippen molar-refractivity contribution < 1.29 is 4.79 Å². The number of carbonyl (C=O) groups is 1. The Morgan fingerprint density at radius 3 is 2.68 bits per heavy atom. The number of carbonyl (C=O) groups excluding carboxylic acids is 1. The molecule has 1 amide bonds. The largest absolute Gasteiger partial charge is 0.288 e. The van der Waals surface area contributed by atoms with E-state index in [1.807, 2.05) is 24.3 Å². The van der Waals surface area contributed by atoms with E-state index in [0.29, 0.717) is 12.2 Å². The number of amides is 1. The number of anilines is 1. The van der Waals surface area contributed by atoms with Gasteiger partial charge in [-0.05, 0) is 29.8 Å². The van der Waals surface area contributed by atoms with E-state index in [4.69, 9.17) is 0 Å². The average Bonchev–Trinajstić information content (AvgIpc) is 2.97. The second-order valence-electron chi connectivity index (χ2n) is 4.56. The summed E-state index contributed by atoms with van der Waals surface area (Å²) in [5, 5.41) is 6.85. The summed E-state index contributed by atoms with van der Waals surface area (Å²) in [6.07, 6.45) is 3.14. The number of halogens is 1. The highest BCUT2D eigenvalue weighted by Gasteiger charge is 2.09. The second kappa shape index (κ2) is 6.48. The van der Waals surface area contributed by atoms with E-state index in [9.17, 15) is 4.79 Å². The Balaban J connectivity index is 1.66. The maximum absolute atomic E-state index is 12.0. The van der Waals surface area contributed by atoms with E-state index in [2.05, 4.69) is 36.3 Å². The van der Waals surface area contributed by atoms with E-state index in [-0.39, 0.29) is 11.9 Å². The summed E-state index contributed by atoms with van der Waals surface area (Å²) in [5.41, 5.74) is 1.42. The summed E-state index contributed by atoms with van der Waals surface area (Å²) in [6.45, 7) is 0.583. The van der Waals surface area contributed by atoms with Crippen LogP contribution >= 0.6 is 15.9 Å². The van der Waals surface area contributed by atoms with Crippen LogP contribution < -0.4 is 5.32 Å². The Bertz CT molecular complexity index is 770. The summed E-state index contributed by atoms with van der Waals surface area (Å²) < 4.78 is 2.69. The first-order valence-electron chi connectivity index (χ1n) is 6.57. The molecular formula is C15H12BrN5O. The number of benzene rings is 1. The number of hydrogen-bond acceptors (Lipinski definition) is 4. The van der Waals surface area contributed by atoms with Crippen LogP contribution in [0.4, 0.5) is 5.95 Å². The van der Waals surface area contributed by atoms with Gasteiger partial charge in [0.2, 0.25) is 5.95 Å². The molecule has 0 aliphatic rings. The smallest absolute Gasteiger partial charge is 0.276 e. The van der Waals surface area contributed by atoms with Gasteiger partial charge in [-0.15, -0.1) is 5.10 Å². The summed E-state index contributed by atoms with van der Waals surface area (Å²) in [5.74, 6) is -0.0743. The zero-order valence-corrected chi connectivity index (χ0v) is 13.1. The van der Waals surface area contributed by atoms with Gasteiger partial charge in [0.25, 0.3) is 5.91 Å². The lowest BCUT2D eigenvalue weighted by atomic mass is 10.2. The molecule has 1 N–H and O–H groups in total. The Labute approximate surface area is 135 Å². The second-order valence-corrected chi connectivity index (χ2v) is 5.48. The molecule has 0 saturated heterocycles. The van der Waals surface area contributed by atoms with Crippen LogP contribution in [0.25, 0.3) is 0 Å². The van der Waals surface area contributed by atoms with Crippen LogP contribution in [0.3, 0.4) is 0 Å². The first-order chi connectivity index (χ1) is 10.7. The van der Waals surface area contributed by atoms with Gasteiger partial charge >= 0.3 is 0 Å². The molecule has 0 bridgehead atoms. The summed E-state index contributed by atoms with van der Waals surface area (Å²) in [6, 6.07) is 13.1. The number of aromatic nitrogens is 4. The molecule has 2 heterocycles. The molecule has 22 heavy (non-hydrogen) atoms. The molecule has 7 heteroatoms. The highest BCUT2D eigenvalue weighted by atomic mass is 79.9. The van der Waals surface area contributed by atoms with Gasteiger partial charge in [-0.1, -0.05) is 34.1 Å². The van der Waals surface area contributed by atoms with Crippen molar-refractivity contribution in [2.24, 2.45) is 0 Å². The molecule has 0 radical (unpaired) electrons. The molecule has 0 aliphatic heterocycles. The quantitative estimate of drug-likeness (QED) is 0.778. The van der Waals surface area contributed by atoms with Gasteiger partial charge in [0, 0.05) is 10.7 Å². The molecule has 0 unspecified atom stereocenters. The van der Waals surface area contributed by atoms with Crippen LogP contribution in [0, 0.1) is 0 Å². The first kappa shape index (κ1) is 14.4. The third-order valence-electron chi connectivity index (χ3n) is 2.92. The minimum absolute atomic E-state index is 0.257. The zero-order valence-electron chi connectivity index (χ0n) is 11.5. The van der Waals surface area contributed by atoms with Crippen molar-refractivity contribution in [3.05, 3.63) is 70.7 Å². The van der Waals surface area contributed by atoms with Gasteiger partial charge in [-0.25, -0.2) is 9.67 Å². The third kappa shape index (κ3) is 3.56. The number of rotatable bonds is 4. The van der Waals surface area contributed by atoms with Crippen molar-refractivity contribution >= 4 is 27.8 Å². The van der Waals surface area contributed by atoms with E-state index in [0.717, 1.165) is 10.0 Å². The Kier molecular flexibility index (Phi) is 4.24. The Hall–Kier alpha value is -2.54. The molecule has 0 saturated carbocycles. The van der Waals surface area contributed by atoms with Crippen LogP contribution in [0.15, 0.2) is 59.5 Å². The van der Waals surface area contributed by atoms with Gasteiger partial charge in [0.1, 0.15) is 12.0 Å². The number of nitrogens with zero attached hydrogens (tertiary/aromatic N) is 4. The first-order valence-corrected chi connectivity index (χ1v) is 7.36. The van der Waals surface area contributed by atoms with Crippen LogP contribution in [0.2, 0.25) is 0 Å². The lowest BCUT2D eigenvalue weighted by molar-refractivity contribution is 0.102. The molecule has 3 rings (SSSR count). The molecular weight excluding hydrogens is 346 g/mol. The number of nitrogens with one attached hydrogen (secondary N) is 1. The van der Waals surface area contributed by atoms with E-state index >= 15 is 0 Å². The number of hydrogen-bond donors (Lipinski definition) is 1. The van der Waals surface area contributed by atoms with E-state index in [1.165, 1.54) is 0 Å². The molecule has 6 nitrogen and oxygen atoms in total. The van der Waals surface area contributed by atoms with Crippen molar-refractivity contribution in [1.29, 1.82) is 0 Å². The monoisotopic (exact) mass is 357 g/mol. The van der Waals surface area contributed by atoms with Crippen LogP contribution in [0.1, 0.15) is 16.1 Å².